The predicted octanol–water partition coefficient (Wildman–Crippen LogP) is 12.5. The van der Waals surface area contributed by atoms with Gasteiger partial charge in [0.1, 0.15) is 5.75 Å². The number of esters is 2. The molecule has 0 bridgehead atoms. The first-order valence-electron chi connectivity index (χ1n) is 18.2. The molecule has 3 aromatic rings. The average molecular weight is 679 g/mol. The number of hydrogen-bond acceptors (Lipinski definition) is 4. The van der Waals surface area contributed by atoms with Crippen LogP contribution < -0.4 is 4.74 Å². The Morgan fingerprint density at radius 1 is 0.653 bits per heavy atom. The third-order valence-corrected chi connectivity index (χ3v) is 8.67. The van der Waals surface area contributed by atoms with Gasteiger partial charge >= 0.3 is 18.1 Å². The number of carbonyl (C=O) groups is 2. The molecule has 0 N–H and O–H groups in total. The maximum absolute atomic E-state index is 13.3. The monoisotopic (exact) mass is 678 g/mol. The lowest BCUT2D eigenvalue weighted by atomic mass is 10.00. The molecule has 0 spiro atoms. The number of unbranched alkanes of at least 4 members (excludes halogenated alkanes) is 12. The molecule has 0 heterocycles. The van der Waals surface area contributed by atoms with Crippen molar-refractivity contribution >= 4 is 18.0 Å². The molecule has 7 heteroatoms. The van der Waals surface area contributed by atoms with E-state index < -0.39 is 24.2 Å². The Morgan fingerprint density at radius 3 is 1.71 bits per heavy atom. The van der Waals surface area contributed by atoms with E-state index in [4.69, 9.17) is 9.47 Å². The Bertz CT molecular complexity index is 1390. The Kier molecular flexibility index (Phi) is 17.7. The molecule has 0 saturated heterocycles. The summed E-state index contributed by atoms with van der Waals surface area (Å²) in [5.74, 6) is -1.26. The lowest BCUT2D eigenvalue weighted by Gasteiger charge is -2.19. The minimum atomic E-state index is -4.61. The summed E-state index contributed by atoms with van der Waals surface area (Å²) in [6, 6.07) is 22.2. The highest BCUT2D eigenvalue weighted by Gasteiger charge is 2.42. The summed E-state index contributed by atoms with van der Waals surface area (Å²) in [6.07, 6.45) is 12.2. The zero-order valence-electron chi connectivity index (χ0n) is 29.2. The number of rotatable bonds is 22. The quantitative estimate of drug-likeness (QED) is 0.0459. The van der Waals surface area contributed by atoms with Crippen LogP contribution in [0.25, 0.3) is 17.2 Å². The van der Waals surface area contributed by atoms with Crippen molar-refractivity contribution in [1.29, 1.82) is 0 Å². The molecule has 0 fully saturated rings. The van der Waals surface area contributed by atoms with Gasteiger partial charge in [0.25, 0.3) is 0 Å². The number of aryl methyl sites for hydroxylation is 1. The van der Waals surface area contributed by atoms with Gasteiger partial charge in [0.2, 0.25) is 0 Å². The van der Waals surface area contributed by atoms with Crippen molar-refractivity contribution in [2.24, 2.45) is 0 Å². The first kappa shape index (κ1) is 39.6. The Balaban J connectivity index is 1.42. The van der Waals surface area contributed by atoms with E-state index in [0.29, 0.717) is 29.7 Å². The molecule has 49 heavy (non-hydrogen) atoms. The molecule has 3 aromatic carbocycles. The molecule has 0 radical (unpaired) electrons. The second-order valence-electron chi connectivity index (χ2n) is 12.8. The highest BCUT2D eigenvalue weighted by Crippen LogP contribution is 2.28. The molecule has 0 unspecified atom stereocenters. The zero-order valence-corrected chi connectivity index (χ0v) is 29.2. The minimum Gasteiger partial charge on any atom is -0.450 e. The van der Waals surface area contributed by atoms with Crippen LogP contribution in [0.1, 0.15) is 132 Å². The van der Waals surface area contributed by atoms with Crippen molar-refractivity contribution in [3.05, 3.63) is 95.6 Å². The second kappa shape index (κ2) is 22.0. The summed E-state index contributed by atoms with van der Waals surface area (Å²) < 4.78 is 50.3. The van der Waals surface area contributed by atoms with Crippen molar-refractivity contribution in [3.8, 4) is 16.9 Å². The fourth-order valence-electron chi connectivity index (χ4n) is 5.68. The van der Waals surface area contributed by atoms with E-state index in [1.165, 1.54) is 69.4 Å². The van der Waals surface area contributed by atoms with Crippen LogP contribution in [0.4, 0.5) is 13.2 Å². The molecule has 0 aliphatic rings. The minimum absolute atomic E-state index is 0.248. The molecular formula is C42H53F3O4. The topological polar surface area (TPSA) is 52.6 Å². The zero-order chi connectivity index (χ0) is 35.3. The van der Waals surface area contributed by atoms with Gasteiger partial charge in [-0.05, 0) is 78.3 Å². The van der Waals surface area contributed by atoms with Gasteiger partial charge in [0.15, 0.2) is 6.10 Å². The van der Waals surface area contributed by atoms with Crippen LogP contribution in [0.5, 0.6) is 5.75 Å². The van der Waals surface area contributed by atoms with Gasteiger partial charge in [-0.3, -0.25) is 0 Å². The molecule has 1 atom stereocenters. The predicted molar refractivity (Wildman–Crippen MR) is 193 cm³/mol. The van der Waals surface area contributed by atoms with Crippen molar-refractivity contribution in [2.75, 3.05) is 0 Å². The number of carbonyl (C=O) groups excluding carboxylic acids is 2. The van der Waals surface area contributed by atoms with Gasteiger partial charge in [-0.15, -0.1) is 0 Å². The second-order valence-corrected chi connectivity index (χ2v) is 12.8. The lowest BCUT2D eigenvalue weighted by molar-refractivity contribution is -0.220. The van der Waals surface area contributed by atoms with Crippen molar-refractivity contribution in [2.45, 2.75) is 129 Å². The van der Waals surface area contributed by atoms with Gasteiger partial charge in [0, 0.05) is 6.08 Å². The van der Waals surface area contributed by atoms with E-state index in [-0.39, 0.29) is 6.42 Å². The SMILES string of the molecule is CCCCCCCCCCCc1ccc(-c2ccc(C(=O)Oc3ccc(C=CC(=O)O[C@@H](CCCCCCC)C(F)(F)F)cc3)cc2)cc1. The standard InChI is InChI=1S/C42H53F3O4/c1-3-5-7-9-10-11-12-14-15-17-33-19-24-35(25-20-33)36-26-28-37(29-27-36)41(47)48-38-30-21-34(22-31-38)23-32-40(46)49-39(42(43,44)45)18-16-13-8-6-4-2/h19-32,39H,3-18H2,1-2H3/t39-/m0/s1. The molecule has 0 aliphatic carbocycles. The number of benzene rings is 3. The highest BCUT2D eigenvalue weighted by atomic mass is 19.4. The first-order valence-corrected chi connectivity index (χ1v) is 18.2. The molecule has 0 saturated carbocycles. The van der Waals surface area contributed by atoms with E-state index in [1.807, 2.05) is 19.1 Å². The molecule has 0 aromatic heterocycles. The van der Waals surface area contributed by atoms with Gasteiger partial charge in [-0.25, -0.2) is 9.59 Å². The third kappa shape index (κ3) is 15.5. The smallest absolute Gasteiger partial charge is 0.425 e. The van der Waals surface area contributed by atoms with Crippen molar-refractivity contribution < 1.29 is 32.2 Å². The molecular weight excluding hydrogens is 625 g/mol. The summed E-state index contributed by atoms with van der Waals surface area (Å²) >= 11 is 0. The van der Waals surface area contributed by atoms with Crippen LogP contribution in [-0.2, 0) is 16.0 Å². The number of hydrogen-bond donors (Lipinski definition) is 0. The first-order chi connectivity index (χ1) is 23.7. The van der Waals surface area contributed by atoms with E-state index in [0.717, 1.165) is 42.9 Å². The number of alkyl halides is 3. The summed E-state index contributed by atoms with van der Waals surface area (Å²) in [5, 5.41) is 0. The van der Waals surface area contributed by atoms with Gasteiger partial charge in [0.05, 0.1) is 5.56 Å². The Morgan fingerprint density at radius 2 is 1.16 bits per heavy atom. The van der Waals surface area contributed by atoms with Gasteiger partial charge in [-0.2, -0.15) is 13.2 Å². The summed E-state index contributed by atoms with van der Waals surface area (Å²) in [7, 11) is 0. The van der Waals surface area contributed by atoms with Crippen LogP contribution in [0.15, 0.2) is 78.9 Å². The largest absolute Gasteiger partial charge is 0.450 e. The van der Waals surface area contributed by atoms with Crippen LogP contribution in [0, 0.1) is 0 Å². The molecule has 0 amide bonds. The van der Waals surface area contributed by atoms with Crippen LogP contribution in [-0.4, -0.2) is 24.2 Å². The van der Waals surface area contributed by atoms with E-state index in [2.05, 4.69) is 31.2 Å². The van der Waals surface area contributed by atoms with E-state index in [1.54, 1.807) is 36.4 Å². The highest BCUT2D eigenvalue weighted by molar-refractivity contribution is 5.91. The molecule has 3 rings (SSSR count). The third-order valence-electron chi connectivity index (χ3n) is 8.67. The maximum atomic E-state index is 13.3. The maximum Gasteiger partial charge on any atom is 0.425 e. The van der Waals surface area contributed by atoms with E-state index >= 15 is 0 Å². The fourth-order valence-corrected chi connectivity index (χ4v) is 5.68. The van der Waals surface area contributed by atoms with Gasteiger partial charge in [-0.1, -0.05) is 139 Å². The Hall–Kier alpha value is -3.87. The summed E-state index contributed by atoms with van der Waals surface area (Å²) in [6.45, 7) is 4.28. The number of halogens is 3. The molecule has 266 valence electrons. The van der Waals surface area contributed by atoms with Crippen molar-refractivity contribution in [1.82, 2.24) is 0 Å². The van der Waals surface area contributed by atoms with Crippen LogP contribution >= 0.6 is 0 Å². The normalized spacial score (nSPS) is 12.3. The lowest BCUT2D eigenvalue weighted by Crippen LogP contribution is -2.33. The fraction of sp³-hybridized carbons (Fsp3) is 0.476. The van der Waals surface area contributed by atoms with E-state index in [9.17, 15) is 22.8 Å². The summed E-state index contributed by atoms with van der Waals surface area (Å²) in [5.41, 5.74) is 4.38. The van der Waals surface area contributed by atoms with Crippen LogP contribution in [0.3, 0.4) is 0 Å². The average Bonchev–Trinajstić information content (AvgIpc) is 3.10. The number of ether oxygens (including phenoxy) is 2. The summed E-state index contributed by atoms with van der Waals surface area (Å²) in [4.78, 5) is 24.9. The van der Waals surface area contributed by atoms with Gasteiger partial charge < -0.3 is 9.47 Å². The molecule has 0 aliphatic heterocycles. The van der Waals surface area contributed by atoms with Crippen LogP contribution in [0.2, 0.25) is 0 Å². The molecule has 4 nitrogen and oxygen atoms in total. The Labute approximate surface area is 291 Å². The van der Waals surface area contributed by atoms with Crippen molar-refractivity contribution in [3.63, 3.8) is 0 Å².